The van der Waals surface area contributed by atoms with E-state index in [1.54, 1.807) is 0 Å². The second-order valence-electron chi connectivity index (χ2n) is 4.81. The van der Waals surface area contributed by atoms with E-state index in [0.29, 0.717) is 0 Å². The lowest BCUT2D eigenvalue weighted by atomic mass is 10.0. The van der Waals surface area contributed by atoms with Gasteiger partial charge in [-0.3, -0.25) is 0 Å². The van der Waals surface area contributed by atoms with Crippen molar-refractivity contribution in [3.63, 3.8) is 0 Å². The highest BCUT2D eigenvalue weighted by Crippen LogP contribution is 2.10. The molecular formula is C14H22N2. The first-order chi connectivity index (χ1) is 7.84. The van der Waals surface area contributed by atoms with Crippen molar-refractivity contribution >= 4 is 0 Å². The van der Waals surface area contributed by atoms with Gasteiger partial charge in [-0.1, -0.05) is 36.8 Å². The number of hydrogen-bond donors (Lipinski definition) is 1. The predicted octanol–water partition coefficient (Wildman–Crippen LogP) is 2.04. The van der Waals surface area contributed by atoms with E-state index < -0.39 is 0 Å². The van der Waals surface area contributed by atoms with Crippen LogP contribution in [0.15, 0.2) is 30.3 Å². The van der Waals surface area contributed by atoms with E-state index >= 15 is 0 Å². The van der Waals surface area contributed by atoms with Crippen molar-refractivity contribution in [1.29, 1.82) is 0 Å². The molecule has 1 aliphatic heterocycles. The smallest absolute Gasteiger partial charge is 0.0208 e. The fourth-order valence-corrected chi connectivity index (χ4v) is 2.46. The molecule has 2 N–H and O–H groups in total. The van der Waals surface area contributed by atoms with Crippen LogP contribution in [0.3, 0.4) is 0 Å². The molecule has 0 amide bonds. The van der Waals surface area contributed by atoms with Gasteiger partial charge in [0, 0.05) is 12.6 Å². The van der Waals surface area contributed by atoms with E-state index in [9.17, 15) is 0 Å². The van der Waals surface area contributed by atoms with Crippen LogP contribution >= 0.6 is 0 Å². The molecule has 1 heterocycles. The van der Waals surface area contributed by atoms with Crippen molar-refractivity contribution in [2.45, 2.75) is 31.7 Å². The van der Waals surface area contributed by atoms with Crippen LogP contribution in [-0.4, -0.2) is 30.6 Å². The topological polar surface area (TPSA) is 29.3 Å². The van der Waals surface area contributed by atoms with Gasteiger partial charge in [0.1, 0.15) is 0 Å². The first-order valence-corrected chi connectivity index (χ1v) is 6.36. The summed E-state index contributed by atoms with van der Waals surface area (Å²) in [5.41, 5.74) is 7.55. The van der Waals surface area contributed by atoms with E-state index in [2.05, 4.69) is 35.2 Å². The summed E-state index contributed by atoms with van der Waals surface area (Å²) in [6.45, 7) is 3.53. The number of rotatable bonds is 4. The highest BCUT2D eigenvalue weighted by atomic mass is 15.1. The van der Waals surface area contributed by atoms with Gasteiger partial charge in [0.05, 0.1) is 0 Å². The lowest BCUT2D eigenvalue weighted by Crippen LogP contribution is -2.41. The van der Waals surface area contributed by atoms with Gasteiger partial charge in [0.2, 0.25) is 0 Å². The molecule has 1 unspecified atom stereocenters. The minimum Gasteiger partial charge on any atom is -0.326 e. The zero-order valence-corrected chi connectivity index (χ0v) is 9.94. The Balaban J connectivity index is 1.77. The molecule has 0 aromatic heterocycles. The molecule has 0 spiro atoms. The fourth-order valence-electron chi connectivity index (χ4n) is 2.46. The van der Waals surface area contributed by atoms with Crippen LogP contribution < -0.4 is 5.73 Å². The maximum atomic E-state index is 6.19. The third kappa shape index (κ3) is 3.62. The summed E-state index contributed by atoms with van der Waals surface area (Å²) in [5, 5.41) is 0. The van der Waals surface area contributed by atoms with Gasteiger partial charge in [-0.25, -0.2) is 0 Å². The zero-order valence-electron chi connectivity index (χ0n) is 9.94. The van der Waals surface area contributed by atoms with Gasteiger partial charge in [0.15, 0.2) is 0 Å². The molecule has 1 saturated heterocycles. The Kier molecular flexibility index (Phi) is 4.37. The summed E-state index contributed by atoms with van der Waals surface area (Å²) in [6, 6.07) is 10.8. The molecule has 0 saturated carbocycles. The lowest BCUT2D eigenvalue weighted by Gasteiger charge is -2.29. The number of nitrogens with two attached hydrogens (primary N) is 1. The largest absolute Gasteiger partial charge is 0.326 e. The molecule has 88 valence electrons. The molecule has 0 bridgehead atoms. The Morgan fingerprint density at radius 2 is 1.75 bits per heavy atom. The molecule has 1 fully saturated rings. The molecule has 2 rings (SSSR count). The van der Waals surface area contributed by atoms with E-state index in [0.717, 1.165) is 13.0 Å². The molecule has 2 heteroatoms. The second kappa shape index (κ2) is 6.02. The molecular weight excluding hydrogens is 196 g/mol. The molecule has 1 aromatic rings. The SMILES string of the molecule is NC(Cc1ccccc1)CN1CCCCC1. The lowest BCUT2D eigenvalue weighted by molar-refractivity contribution is 0.215. The Bertz CT molecular complexity index is 291. The molecule has 2 nitrogen and oxygen atoms in total. The predicted molar refractivity (Wildman–Crippen MR) is 68.4 cm³/mol. The average Bonchev–Trinajstić information content (AvgIpc) is 2.31. The van der Waals surface area contributed by atoms with Crippen LogP contribution in [0.5, 0.6) is 0 Å². The van der Waals surface area contributed by atoms with E-state index in [1.165, 1.54) is 37.9 Å². The van der Waals surface area contributed by atoms with E-state index in [-0.39, 0.29) is 6.04 Å². The van der Waals surface area contributed by atoms with Crippen molar-refractivity contribution in [3.8, 4) is 0 Å². The van der Waals surface area contributed by atoms with Gasteiger partial charge in [-0.05, 0) is 37.9 Å². The summed E-state index contributed by atoms with van der Waals surface area (Å²) >= 11 is 0. The molecule has 16 heavy (non-hydrogen) atoms. The Hall–Kier alpha value is -0.860. The van der Waals surface area contributed by atoms with Crippen LogP contribution in [0.2, 0.25) is 0 Å². The quantitative estimate of drug-likeness (QED) is 0.838. The number of hydrogen-bond acceptors (Lipinski definition) is 2. The van der Waals surface area contributed by atoms with Crippen molar-refractivity contribution in [1.82, 2.24) is 4.90 Å². The maximum Gasteiger partial charge on any atom is 0.0208 e. The third-order valence-corrected chi connectivity index (χ3v) is 3.28. The average molecular weight is 218 g/mol. The van der Waals surface area contributed by atoms with Crippen molar-refractivity contribution in [2.75, 3.05) is 19.6 Å². The monoisotopic (exact) mass is 218 g/mol. The van der Waals surface area contributed by atoms with Crippen LogP contribution in [0.25, 0.3) is 0 Å². The van der Waals surface area contributed by atoms with E-state index in [4.69, 9.17) is 5.73 Å². The van der Waals surface area contributed by atoms with Gasteiger partial charge < -0.3 is 10.6 Å². The van der Waals surface area contributed by atoms with Gasteiger partial charge in [-0.2, -0.15) is 0 Å². The highest BCUT2D eigenvalue weighted by molar-refractivity contribution is 5.15. The van der Waals surface area contributed by atoms with Gasteiger partial charge in [0.25, 0.3) is 0 Å². The Labute approximate surface area is 98.4 Å². The number of nitrogens with zero attached hydrogens (tertiary/aromatic N) is 1. The van der Waals surface area contributed by atoms with Crippen LogP contribution in [0.1, 0.15) is 24.8 Å². The van der Waals surface area contributed by atoms with Crippen molar-refractivity contribution < 1.29 is 0 Å². The van der Waals surface area contributed by atoms with Crippen molar-refractivity contribution in [2.24, 2.45) is 5.73 Å². The summed E-state index contributed by atoms with van der Waals surface area (Å²) < 4.78 is 0. The Morgan fingerprint density at radius 3 is 2.44 bits per heavy atom. The van der Waals surface area contributed by atoms with E-state index in [1.807, 2.05) is 0 Å². The Morgan fingerprint density at radius 1 is 1.06 bits per heavy atom. The molecule has 1 atom stereocenters. The van der Waals surface area contributed by atoms with Crippen LogP contribution in [0, 0.1) is 0 Å². The summed E-state index contributed by atoms with van der Waals surface area (Å²) in [7, 11) is 0. The van der Waals surface area contributed by atoms with Gasteiger partial charge >= 0.3 is 0 Å². The minimum atomic E-state index is 0.278. The standard InChI is InChI=1S/C14H22N2/c15-14(11-13-7-3-1-4-8-13)12-16-9-5-2-6-10-16/h1,3-4,7-8,14H,2,5-6,9-12,15H2. The fraction of sp³-hybridized carbons (Fsp3) is 0.571. The third-order valence-electron chi connectivity index (χ3n) is 3.28. The first kappa shape index (κ1) is 11.6. The normalized spacial score (nSPS) is 19.6. The first-order valence-electron chi connectivity index (χ1n) is 6.36. The number of likely N-dealkylation sites (tertiary alicyclic amines) is 1. The molecule has 1 aliphatic rings. The summed E-state index contributed by atoms with van der Waals surface area (Å²) in [4.78, 5) is 2.51. The molecule has 0 aliphatic carbocycles. The molecule has 0 radical (unpaired) electrons. The van der Waals surface area contributed by atoms with Gasteiger partial charge in [-0.15, -0.1) is 0 Å². The highest BCUT2D eigenvalue weighted by Gasteiger charge is 2.13. The molecule has 1 aromatic carbocycles. The zero-order chi connectivity index (χ0) is 11.2. The number of piperidine rings is 1. The van der Waals surface area contributed by atoms with Crippen molar-refractivity contribution in [3.05, 3.63) is 35.9 Å². The summed E-state index contributed by atoms with van der Waals surface area (Å²) in [5.74, 6) is 0. The minimum absolute atomic E-state index is 0.278. The maximum absolute atomic E-state index is 6.19. The summed E-state index contributed by atoms with van der Waals surface area (Å²) in [6.07, 6.45) is 5.08. The number of benzene rings is 1. The second-order valence-corrected chi connectivity index (χ2v) is 4.81. The van der Waals surface area contributed by atoms with Crippen LogP contribution in [0.4, 0.5) is 0 Å². The van der Waals surface area contributed by atoms with Crippen LogP contribution in [-0.2, 0) is 6.42 Å².